The number of amides is 2. The number of fused-ring (bicyclic) bond motifs is 1. The minimum absolute atomic E-state index is 0.0788. The molecule has 1 aliphatic rings. The molecule has 1 aromatic carbocycles. The SMILES string of the molecule is C[n+]1cc2ccc(NC=O)cc2cc1NC(=O)[C@H]1CCN(C#N)C1. The van der Waals surface area contributed by atoms with Gasteiger partial charge in [0.2, 0.25) is 6.41 Å². The van der Waals surface area contributed by atoms with Crippen LogP contribution in [0.1, 0.15) is 6.42 Å². The van der Waals surface area contributed by atoms with Gasteiger partial charge in [-0.25, -0.2) is 14.7 Å². The molecule has 1 saturated heterocycles. The summed E-state index contributed by atoms with van der Waals surface area (Å²) in [6.45, 7) is 1.09. The molecule has 7 nitrogen and oxygen atoms in total. The van der Waals surface area contributed by atoms with Gasteiger partial charge in [0, 0.05) is 30.2 Å². The first-order chi connectivity index (χ1) is 11.6. The third kappa shape index (κ3) is 3.13. The number of anilines is 2. The first-order valence-corrected chi connectivity index (χ1v) is 7.70. The van der Waals surface area contributed by atoms with Crippen LogP contribution in [0.4, 0.5) is 11.5 Å². The molecule has 3 rings (SSSR count). The van der Waals surface area contributed by atoms with Crippen LogP contribution >= 0.6 is 0 Å². The van der Waals surface area contributed by atoms with Crippen molar-refractivity contribution in [2.45, 2.75) is 6.42 Å². The fourth-order valence-electron chi connectivity index (χ4n) is 2.92. The molecular formula is C17H18N5O2+. The standard InChI is InChI=1S/C17H17N5O2/c1-21-8-12-2-3-15(19-11-23)6-14(12)7-16(21)20-17(24)13-4-5-22(9-13)10-18/h2-3,6-8,11,13H,4-5,9H2,1H3,(H,19,20,23,24)/p+1/t13-/m0/s1. The Kier molecular flexibility index (Phi) is 4.29. The van der Waals surface area contributed by atoms with E-state index in [9.17, 15) is 9.59 Å². The molecule has 2 aromatic rings. The Labute approximate surface area is 139 Å². The highest BCUT2D eigenvalue weighted by atomic mass is 16.2. The van der Waals surface area contributed by atoms with E-state index in [0.29, 0.717) is 37.4 Å². The molecule has 7 heteroatoms. The Balaban J connectivity index is 1.83. The smallest absolute Gasteiger partial charge is 0.312 e. The van der Waals surface area contributed by atoms with Gasteiger partial charge in [-0.1, -0.05) is 0 Å². The van der Waals surface area contributed by atoms with E-state index in [1.807, 2.05) is 42.1 Å². The molecule has 0 aliphatic carbocycles. The molecule has 2 heterocycles. The van der Waals surface area contributed by atoms with Crippen LogP contribution in [-0.2, 0) is 16.6 Å². The van der Waals surface area contributed by atoms with Gasteiger partial charge in [0.25, 0.3) is 5.82 Å². The van der Waals surface area contributed by atoms with Gasteiger partial charge in [0.15, 0.2) is 6.19 Å². The number of nitriles is 1. The second-order valence-electron chi connectivity index (χ2n) is 5.90. The molecule has 1 fully saturated rings. The highest BCUT2D eigenvalue weighted by molar-refractivity contribution is 5.94. The van der Waals surface area contributed by atoms with Gasteiger partial charge >= 0.3 is 5.91 Å². The van der Waals surface area contributed by atoms with Crippen LogP contribution in [0.5, 0.6) is 0 Å². The topological polar surface area (TPSA) is 89.1 Å². The molecule has 0 spiro atoms. The van der Waals surface area contributed by atoms with Crippen molar-refractivity contribution in [3.63, 3.8) is 0 Å². The largest absolute Gasteiger partial charge is 0.329 e. The van der Waals surface area contributed by atoms with Crippen LogP contribution in [0.2, 0.25) is 0 Å². The maximum Gasteiger partial charge on any atom is 0.312 e. The van der Waals surface area contributed by atoms with Crippen molar-refractivity contribution in [3.8, 4) is 6.19 Å². The first-order valence-electron chi connectivity index (χ1n) is 7.70. The van der Waals surface area contributed by atoms with Crippen LogP contribution in [0.15, 0.2) is 30.5 Å². The number of benzene rings is 1. The lowest BCUT2D eigenvalue weighted by Gasteiger charge is -2.09. The lowest BCUT2D eigenvalue weighted by Crippen LogP contribution is -2.36. The first kappa shape index (κ1) is 15.7. The lowest BCUT2D eigenvalue weighted by atomic mass is 10.1. The highest BCUT2D eigenvalue weighted by Crippen LogP contribution is 2.21. The lowest BCUT2D eigenvalue weighted by molar-refractivity contribution is -0.655. The Hall–Kier alpha value is -3.14. The van der Waals surface area contributed by atoms with Crippen molar-refractivity contribution in [1.82, 2.24) is 4.90 Å². The monoisotopic (exact) mass is 324 g/mol. The molecule has 2 N–H and O–H groups in total. The number of likely N-dealkylation sites (tertiary alicyclic amines) is 1. The molecule has 0 bridgehead atoms. The van der Waals surface area contributed by atoms with E-state index >= 15 is 0 Å². The van der Waals surface area contributed by atoms with Gasteiger partial charge in [0.1, 0.15) is 0 Å². The van der Waals surface area contributed by atoms with Crippen LogP contribution in [0, 0.1) is 17.4 Å². The van der Waals surface area contributed by atoms with E-state index in [1.165, 1.54) is 0 Å². The third-order valence-electron chi connectivity index (χ3n) is 4.27. The number of nitrogens with zero attached hydrogens (tertiary/aromatic N) is 3. The van der Waals surface area contributed by atoms with E-state index in [2.05, 4.69) is 16.8 Å². The maximum absolute atomic E-state index is 12.4. The molecule has 2 amide bonds. The zero-order valence-electron chi connectivity index (χ0n) is 13.3. The van der Waals surface area contributed by atoms with E-state index in [0.717, 1.165) is 10.8 Å². The third-order valence-corrected chi connectivity index (χ3v) is 4.27. The maximum atomic E-state index is 12.4. The number of aromatic nitrogens is 1. The van der Waals surface area contributed by atoms with Crippen LogP contribution in [0.25, 0.3) is 10.8 Å². The van der Waals surface area contributed by atoms with E-state index in [1.54, 1.807) is 4.90 Å². The van der Waals surface area contributed by atoms with Crippen LogP contribution < -0.4 is 15.2 Å². The van der Waals surface area contributed by atoms with Crippen molar-refractivity contribution in [2.24, 2.45) is 13.0 Å². The Morgan fingerprint density at radius 1 is 1.42 bits per heavy atom. The quantitative estimate of drug-likeness (QED) is 0.498. The average Bonchev–Trinajstić information content (AvgIpc) is 3.05. The number of hydrogen-bond donors (Lipinski definition) is 2. The van der Waals surface area contributed by atoms with Crippen molar-refractivity contribution in [1.29, 1.82) is 5.26 Å². The average molecular weight is 324 g/mol. The van der Waals surface area contributed by atoms with E-state index in [4.69, 9.17) is 5.26 Å². The van der Waals surface area contributed by atoms with Crippen molar-refractivity contribution in [3.05, 3.63) is 30.5 Å². The molecule has 122 valence electrons. The van der Waals surface area contributed by atoms with Crippen LogP contribution in [0.3, 0.4) is 0 Å². The molecule has 1 atom stereocenters. The summed E-state index contributed by atoms with van der Waals surface area (Å²) < 4.78 is 1.85. The summed E-state index contributed by atoms with van der Waals surface area (Å²) in [6.07, 6.45) is 5.32. The summed E-state index contributed by atoms with van der Waals surface area (Å²) in [5, 5.41) is 16.4. The molecule has 0 unspecified atom stereocenters. The molecule has 1 aromatic heterocycles. The summed E-state index contributed by atoms with van der Waals surface area (Å²) >= 11 is 0. The summed E-state index contributed by atoms with van der Waals surface area (Å²) in [5.74, 6) is 0.416. The van der Waals surface area contributed by atoms with Crippen LogP contribution in [-0.4, -0.2) is 30.3 Å². The van der Waals surface area contributed by atoms with Gasteiger partial charge in [-0.05, 0) is 30.0 Å². The van der Waals surface area contributed by atoms with Crippen molar-refractivity contribution in [2.75, 3.05) is 23.7 Å². The van der Waals surface area contributed by atoms with Gasteiger partial charge in [-0.3, -0.25) is 4.79 Å². The molecule has 0 saturated carbocycles. The second-order valence-corrected chi connectivity index (χ2v) is 5.90. The number of carbonyl (C=O) groups excluding carboxylic acids is 2. The number of pyridine rings is 1. The predicted molar refractivity (Wildman–Crippen MR) is 88.7 cm³/mol. The zero-order valence-corrected chi connectivity index (χ0v) is 13.3. The normalized spacial score (nSPS) is 16.7. The van der Waals surface area contributed by atoms with Gasteiger partial charge in [-0.15, -0.1) is 0 Å². The number of nitrogens with one attached hydrogen (secondary N) is 2. The minimum atomic E-state index is -0.177. The summed E-state index contributed by atoms with van der Waals surface area (Å²) in [7, 11) is 1.86. The Morgan fingerprint density at radius 2 is 2.25 bits per heavy atom. The summed E-state index contributed by atoms with van der Waals surface area (Å²) in [5.41, 5.74) is 0.698. The van der Waals surface area contributed by atoms with Gasteiger partial charge < -0.3 is 10.2 Å². The highest BCUT2D eigenvalue weighted by Gasteiger charge is 2.31. The number of hydrogen-bond acceptors (Lipinski definition) is 4. The Bertz CT molecular complexity index is 843. The number of aryl methyl sites for hydroxylation is 1. The zero-order chi connectivity index (χ0) is 17.1. The summed E-state index contributed by atoms with van der Waals surface area (Å²) in [4.78, 5) is 24.6. The Morgan fingerprint density at radius 3 is 2.96 bits per heavy atom. The fourth-order valence-corrected chi connectivity index (χ4v) is 2.92. The fraction of sp³-hybridized carbons (Fsp3) is 0.294. The summed E-state index contributed by atoms with van der Waals surface area (Å²) in [6, 6.07) is 7.46. The molecular weight excluding hydrogens is 306 g/mol. The van der Waals surface area contributed by atoms with Crippen molar-refractivity contribution < 1.29 is 14.2 Å². The molecule has 24 heavy (non-hydrogen) atoms. The van der Waals surface area contributed by atoms with Crippen molar-refractivity contribution >= 4 is 34.6 Å². The van der Waals surface area contributed by atoms with E-state index in [-0.39, 0.29) is 11.8 Å². The van der Waals surface area contributed by atoms with Gasteiger partial charge in [0.05, 0.1) is 19.2 Å². The second kappa shape index (κ2) is 6.54. The van der Waals surface area contributed by atoms with E-state index < -0.39 is 0 Å². The molecule has 0 radical (unpaired) electrons. The number of rotatable bonds is 4. The minimum Gasteiger partial charge on any atom is -0.329 e. The molecule has 1 aliphatic heterocycles. The van der Waals surface area contributed by atoms with Gasteiger partial charge in [-0.2, -0.15) is 5.26 Å². The predicted octanol–water partition coefficient (Wildman–Crippen LogP) is 0.974. The number of carbonyl (C=O) groups is 2.